The van der Waals surface area contributed by atoms with E-state index >= 15 is 0 Å². The van der Waals surface area contributed by atoms with Crippen LogP contribution in [0.4, 0.5) is 0 Å². The van der Waals surface area contributed by atoms with Gasteiger partial charge >= 0.3 is 5.97 Å². The Morgan fingerprint density at radius 2 is 2.08 bits per heavy atom. The van der Waals surface area contributed by atoms with Gasteiger partial charge < -0.3 is 19.9 Å². The molecule has 0 bridgehead atoms. The standard InChI is InChI=1S/C8H15NO4/c1-3-12-7(9)6-8(10)13-5-4-11-2/h6H,3-5,9H2,1-2H3/b7-6-. The molecule has 0 aliphatic heterocycles. The Hall–Kier alpha value is -1.23. The first-order valence-electron chi connectivity index (χ1n) is 3.96. The normalized spacial score (nSPS) is 11.1. The van der Waals surface area contributed by atoms with Crippen molar-refractivity contribution in [1.29, 1.82) is 0 Å². The Balaban J connectivity index is 3.65. The van der Waals surface area contributed by atoms with Gasteiger partial charge in [0.1, 0.15) is 6.61 Å². The van der Waals surface area contributed by atoms with Crippen LogP contribution in [0.1, 0.15) is 6.92 Å². The summed E-state index contributed by atoms with van der Waals surface area (Å²) in [6.07, 6.45) is 1.10. The van der Waals surface area contributed by atoms with Crippen LogP contribution in [0.15, 0.2) is 12.0 Å². The van der Waals surface area contributed by atoms with Gasteiger partial charge in [-0.25, -0.2) is 4.79 Å². The molecule has 0 fully saturated rings. The van der Waals surface area contributed by atoms with Gasteiger partial charge in [-0.1, -0.05) is 0 Å². The summed E-state index contributed by atoms with van der Waals surface area (Å²) in [5, 5.41) is 0. The monoisotopic (exact) mass is 189 g/mol. The summed E-state index contributed by atoms with van der Waals surface area (Å²) in [6.45, 7) is 2.78. The summed E-state index contributed by atoms with van der Waals surface area (Å²) >= 11 is 0. The summed E-state index contributed by atoms with van der Waals surface area (Å²) in [5.74, 6) is -0.465. The minimum absolute atomic E-state index is 0.0601. The molecule has 0 radical (unpaired) electrons. The van der Waals surface area contributed by atoms with Crippen LogP contribution in [0.2, 0.25) is 0 Å². The average Bonchev–Trinajstić information content (AvgIpc) is 2.05. The third-order valence-electron chi connectivity index (χ3n) is 1.10. The number of esters is 1. The molecule has 0 saturated heterocycles. The predicted octanol–water partition coefficient (Wildman–Crippen LogP) is 0.0126. The van der Waals surface area contributed by atoms with E-state index in [4.69, 9.17) is 15.2 Å². The number of nitrogens with two attached hydrogens (primary N) is 1. The van der Waals surface area contributed by atoms with Gasteiger partial charge in [0.15, 0.2) is 5.88 Å². The fourth-order valence-electron chi connectivity index (χ4n) is 0.592. The molecular weight excluding hydrogens is 174 g/mol. The third kappa shape index (κ3) is 7.14. The predicted molar refractivity (Wildman–Crippen MR) is 46.7 cm³/mol. The van der Waals surface area contributed by atoms with Crippen molar-refractivity contribution in [1.82, 2.24) is 0 Å². The van der Waals surface area contributed by atoms with Crippen molar-refractivity contribution < 1.29 is 19.0 Å². The Morgan fingerprint density at radius 3 is 2.62 bits per heavy atom. The van der Waals surface area contributed by atoms with Crippen molar-refractivity contribution in [3.8, 4) is 0 Å². The summed E-state index contributed by atoms with van der Waals surface area (Å²) < 4.78 is 14.2. The molecule has 5 nitrogen and oxygen atoms in total. The highest BCUT2D eigenvalue weighted by atomic mass is 16.6. The van der Waals surface area contributed by atoms with E-state index in [-0.39, 0.29) is 12.5 Å². The fraction of sp³-hybridized carbons (Fsp3) is 0.625. The van der Waals surface area contributed by atoms with E-state index in [2.05, 4.69) is 4.74 Å². The SMILES string of the molecule is CCO/C(N)=C\C(=O)OCCOC. The second-order valence-corrected chi connectivity index (χ2v) is 2.14. The maximum atomic E-state index is 10.9. The smallest absolute Gasteiger partial charge is 0.336 e. The van der Waals surface area contributed by atoms with Crippen LogP contribution in [-0.2, 0) is 19.0 Å². The first kappa shape index (κ1) is 11.8. The lowest BCUT2D eigenvalue weighted by atomic mass is 10.6. The Bertz CT molecular complexity index is 179. The first-order chi connectivity index (χ1) is 6.20. The highest BCUT2D eigenvalue weighted by Gasteiger charge is 1.99. The Morgan fingerprint density at radius 1 is 1.38 bits per heavy atom. The van der Waals surface area contributed by atoms with E-state index in [1.807, 2.05) is 0 Å². The summed E-state index contributed by atoms with van der Waals surface area (Å²) in [6, 6.07) is 0. The van der Waals surface area contributed by atoms with E-state index in [9.17, 15) is 4.79 Å². The quantitative estimate of drug-likeness (QED) is 0.276. The number of hydrogen-bond acceptors (Lipinski definition) is 5. The van der Waals surface area contributed by atoms with Gasteiger partial charge in [-0.05, 0) is 6.92 Å². The van der Waals surface area contributed by atoms with Crippen molar-refractivity contribution in [2.75, 3.05) is 26.9 Å². The van der Waals surface area contributed by atoms with Crippen LogP contribution in [0.25, 0.3) is 0 Å². The molecule has 0 aliphatic rings. The van der Waals surface area contributed by atoms with Crippen molar-refractivity contribution in [3.63, 3.8) is 0 Å². The zero-order valence-electron chi connectivity index (χ0n) is 7.91. The van der Waals surface area contributed by atoms with E-state index < -0.39 is 5.97 Å². The zero-order chi connectivity index (χ0) is 10.1. The van der Waals surface area contributed by atoms with Crippen LogP contribution in [-0.4, -0.2) is 32.9 Å². The van der Waals surface area contributed by atoms with Gasteiger partial charge in [-0.15, -0.1) is 0 Å². The third-order valence-corrected chi connectivity index (χ3v) is 1.10. The minimum Gasteiger partial charge on any atom is -0.479 e. The van der Waals surface area contributed by atoms with Crippen LogP contribution in [0.5, 0.6) is 0 Å². The molecule has 76 valence electrons. The first-order valence-corrected chi connectivity index (χ1v) is 3.96. The lowest BCUT2D eigenvalue weighted by molar-refractivity contribution is -0.139. The molecule has 0 aromatic rings. The average molecular weight is 189 g/mol. The number of methoxy groups -OCH3 is 1. The zero-order valence-corrected chi connectivity index (χ0v) is 7.91. The number of ether oxygens (including phenoxy) is 3. The summed E-state index contributed by atoms with van der Waals surface area (Å²) in [7, 11) is 1.53. The van der Waals surface area contributed by atoms with Gasteiger partial charge in [0.05, 0.1) is 19.3 Å². The van der Waals surface area contributed by atoms with Gasteiger partial charge in [0, 0.05) is 7.11 Å². The molecule has 0 unspecified atom stereocenters. The lowest BCUT2D eigenvalue weighted by Gasteiger charge is -2.02. The highest BCUT2D eigenvalue weighted by Crippen LogP contribution is 1.89. The van der Waals surface area contributed by atoms with Crippen molar-refractivity contribution >= 4 is 5.97 Å². The van der Waals surface area contributed by atoms with Crippen molar-refractivity contribution in [2.45, 2.75) is 6.92 Å². The molecule has 0 atom stereocenters. The van der Waals surface area contributed by atoms with Crippen molar-refractivity contribution in [2.24, 2.45) is 5.73 Å². The fourth-order valence-corrected chi connectivity index (χ4v) is 0.592. The molecule has 0 saturated carbocycles. The van der Waals surface area contributed by atoms with Gasteiger partial charge in [-0.3, -0.25) is 0 Å². The molecule has 0 heterocycles. The van der Waals surface area contributed by atoms with Crippen LogP contribution >= 0.6 is 0 Å². The number of carbonyl (C=O) groups excluding carboxylic acids is 1. The molecule has 0 aromatic heterocycles. The Labute approximate surface area is 77.4 Å². The second kappa shape index (κ2) is 7.42. The molecule has 0 aliphatic carbocycles. The van der Waals surface area contributed by atoms with Crippen LogP contribution in [0, 0.1) is 0 Å². The molecule has 0 rings (SSSR count). The minimum atomic E-state index is -0.525. The Kier molecular flexibility index (Phi) is 6.72. The van der Waals surface area contributed by atoms with Gasteiger partial charge in [-0.2, -0.15) is 0 Å². The maximum absolute atomic E-state index is 10.9. The maximum Gasteiger partial charge on any atom is 0.336 e. The van der Waals surface area contributed by atoms with Crippen LogP contribution in [0.3, 0.4) is 0 Å². The molecule has 0 spiro atoms. The topological polar surface area (TPSA) is 70.8 Å². The van der Waals surface area contributed by atoms with E-state index in [1.54, 1.807) is 6.92 Å². The molecule has 5 heteroatoms. The number of hydrogen-bond donors (Lipinski definition) is 1. The lowest BCUT2D eigenvalue weighted by Crippen LogP contribution is -2.11. The summed E-state index contributed by atoms with van der Waals surface area (Å²) in [4.78, 5) is 10.9. The van der Waals surface area contributed by atoms with Gasteiger partial charge in [0.2, 0.25) is 0 Å². The largest absolute Gasteiger partial charge is 0.479 e. The molecule has 2 N–H and O–H groups in total. The van der Waals surface area contributed by atoms with Crippen molar-refractivity contribution in [3.05, 3.63) is 12.0 Å². The highest BCUT2D eigenvalue weighted by molar-refractivity contribution is 5.82. The van der Waals surface area contributed by atoms with E-state index in [1.165, 1.54) is 7.11 Å². The van der Waals surface area contributed by atoms with E-state index in [0.29, 0.717) is 13.2 Å². The molecular formula is C8H15NO4. The molecule has 13 heavy (non-hydrogen) atoms. The van der Waals surface area contributed by atoms with Crippen LogP contribution < -0.4 is 5.73 Å². The molecule has 0 amide bonds. The summed E-state index contributed by atoms with van der Waals surface area (Å²) in [5.41, 5.74) is 5.30. The van der Waals surface area contributed by atoms with Gasteiger partial charge in [0.25, 0.3) is 0 Å². The molecule has 0 aromatic carbocycles. The second-order valence-electron chi connectivity index (χ2n) is 2.14. The number of rotatable bonds is 6. The van der Waals surface area contributed by atoms with E-state index in [0.717, 1.165) is 6.08 Å². The number of carbonyl (C=O) groups is 1.